The average Bonchev–Trinajstić information content (AvgIpc) is 2.18. The van der Waals surface area contributed by atoms with E-state index in [4.69, 9.17) is 11.6 Å². The SMILES string of the molecule is CC(C)c1ccc(Cl)c2ccccc12. The molecule has 0 spiro atoms. The van der Waals surface area contributed by atoms with Crippen LogP contribution in [0.4, 0.5) is 0 Å². The summed E-state index contributed by atoms with van der Waals surface area (Å²) in [6.07, 6.45) is 0. The van der Waals surface area contributed by atoms with Gasteiger partial charge in [0.1, 0.15) is 0 Å². The van der Waals surface area contributed by atoms with Crippen molar-refractivity contribution in [1.29, 1.82) is 0 Å². The Morgan fingerprint density at radius 1 is 0.929 bits per heavy atom. The molecule has 1 heteroatoms. The summed E-state index contributed by atoms with van der Waals surface area (Å²) in [7, 11) is 0. The van der Waals surface area contributed by atoms with Crippen molar-refractivity contribution in [3.8, 4) is 0 Å². The van der Waals surface area contributed by atoms with Crippen LogP contribution in [0.3, 0.4) is 0 Å². The van der Waals surface area contributed by atoms with Crippen LogP contribution in [0.25, 0.3) is 10.8 Å². The summed E-state index contributed by atoms with van der Waals surface area (Å²) in [6.45, 7) is 4.41. The molecule has 0 amide bonds. The zero-order valence-corrected chi connectivity index (χ0v) is 9.18. The van der Waals surface area contributed by atoms with Crippen LogP contribution in [0.5, 0.6) is 0 Å². The van der Waals surface area contributed by atoms with Gasteiger partial charge in [-0.3, -0.25) is 0 Å². The van der Waals surface area contributed by atoms with E-state index in [1.54, 1.807) is 0 Å². The molecule has 0 radical (unpaired) electrons. The predicted molar refractivity (Wildman–Crippen MR) is 63.0 cm³/mol. The summed E-state index contributed by atoms with van der Waals surface area (Å²) < 4.78 is 0. The Bertz CT molecular complexity index is 458. The third kappa shape index (κ3) is 1.51. The first-order chi connectivity index (χ1) is 6.70. The Hall–Kier alpha value is -1.01. The van der Waals surface area contributed by atoms with Crippen molar-refractivity contribution in [2.24, 2.45) is 0 Å². The molecule has 2 aromatic rings. The minimum atomic E-state index is 0.539. The fourth-order valence-electron chi connectivity index (χ4n) is 1.79. The van der Waals surface area contributed by atoms with Gasteiger partial charge in [0.15, 0.2) is 0 Å². The van der Waals surface area contributed by atoms with E-state index in [0.29, 0.717) is 5.92 Å². The van der Waals surface area contributed by atoms with E-state index in [-0.39, 0.29) is 0 Å². The van der Waals surface area contributed by atoms with Gasteiger partial charge in [-0.2, -0.15) is 0 Å². The van der Waals surface area contributed by atoms with Gasteiger partial charge in [0.25, 0.3) is 0 Å². The van der Waals surface area contributed by atoms with Crippen molar-refractivity contribution in [2.45, 2.75) is 19.8 Å². The Morgan fingerprint density at radius 2 is 1.57 bits per heavy atom. The van der Waals surface area contributed by atoms with Crippen LogP contribution in [0.15, 0.2) is 36.4 Å². The average molecular weight is 205 g/mol. The molecular formula is C13H13Cl. The lowest BCUT2D eigenvalue weighted by Gasteiger charge is -2.10. The third-order valence-electron chi connectivity index (χ3n) is 2.53. The van der Waals surface area contributed by atoms with Gasteiger partial charge < -0.3 is 0 Å². The second-order valence-corrected chi connectivity index (χ2v) is 4.24. The topological polar surface area (TPSA) is 0 Å². The number of rotatable bonds is 1. The maximum Gasteiger partial charge on any atom is 0.0484 e. The molecule has 0 atom stereocenters. The molecule has 14 heavy (non-hydrogen) atoms. The van der Waals surface area contributed by atoms with Crippen LogP contribution in [0, 0.1) is 0 Å². The zero-order chi connectivity index (χ0) is 10.1. The molecular weight excluding hydrogens is 192 g/mol. The number of hydrogen-bond acceptors (Lipinski definition) is 0. The zero-order valence-electron chi connectivity index (χ0n) is 8.42. The number of benzene rings is 2. The van der Waals surface area contributed by atoms with Crippen LogP contribution >= 0.6 is 11.6 Å². The lowest BCUT2D eigenvalue weighted by atomic mass is 9.96. The molecule has 0 aliphatic carbocycles. The minimum absolute atomic E-state index is 0.539. The summed E-state index contributed by atoms with van der Waals surface area (Å²) in [6, 6.07) is 12.4. The van der Waals surface area contributed by atoms with Gasteiger partial charge in [-0.05, 0) is 22.9 Å². The highest BCUT2D eigenvalue weighted by Gasteiger charge is 2.06. The molecule has 0 nitrogen and oxygen atoms in total. The van der Waals surface area contributed by atoms with E-state index in [1.807, 2.05) is 12.1 Å². The van der Waals surface area contributed by atoms with Crippen LogP contribution < -0.4 is 0 Å². The highest BCUT2D eigenvalue weighted by molar-refractivity contribution is 6.35. The Labute approximate surface area is 89.5 Å². The quantitative estimate of drug-likeness (QED) is 0.636. The van der Waals surface area contributed by atoms with Gasteiger partial charge in [0, 0.05) is 10.4 Å². The van der Waals surface area contributed by atoms with Gasteiger partial charge in [-0.1, -0.05) is 55.8 Å². The van der Waals surface area contributed by atoms with E-state index in [0.717, 1.165) is 10.4 Å². The van der Waals surface area contributed by atoms with Gasteiger partial charge >= 0.3 is 0 Å². The molecule has 0 bridgehead atoms. The van der Waals surface area contributed by atoms with Crippen molar-refractivity contribution >= 4 is 22.4 Å². The van der Waals surface area contributed by atoms with E-state index in [9.17, 15) is 0 Å². The lowest BCUT2D eigenvalue weighted by molar-refractivity contribution is 0.876. The minimum Gasteiger partial charge on any atom is -0.0837 e. The van der Waals surface area contributed by atoms with Crippen LogP contribution in [0.2, 0.25) is 5.02 Å². The Kier molecular flexibility index (Phi) is 2.47. The Morgan fingerprint density at radius 3 is 2.21 bits per heavy atom. The van der Waals surface area contributed by atoms with Crippen molar-refractivity contribution in [3.05, 3.63) is 47.0 Å². The molecule has 0 fully saturated rings. The normalized spacial score (nSPS) is 11.1. The molecule has 0 heterocycles. The monoisotopic (exact) mass is 204 g/mol. The van der Waals surface area contributed by atoms with Gasteiger partial charge in [0.05, 0.1) is 0 Å². The van der Waals surface area contributed by atoms with E-state index < -0.39 is 0 Å². The maximum absolute atomic E-state index is 6.13. The Balaban J connectivity index is 2.82. The second-order valence-electron chi connectivity index (χ2n) is 3.84. The molecule has 0 aromatic heterocycles. The second kappa shape index (κ2) is 3.62. The van der Waals surface area contributed by atoms with Crippen molar-refractivity contribution in [3.63, 3.8) is 0 Å². The number of hydrogen-bond donors (Lipinski definition) is 0. The fourth-order valence-corrected chi connectivity index (χ4v) is 2.02. The largest absolute Gasteiger partial charge is 0.0837 e. The van der Waals surface area contributed by atoms with Crippen LogP contribution in [-0.2, 0) is 0 Å². The molecule has 2 aromatic carbocycles. The molecule has 0 aliphatic heterocycles. The van der Waals surface area contributed by atoms with Crippen LogP contribution in [-0.4, -0.2) is 0 Å². The van der Waals surface area contributed by atoms with E-state index >= 15 is 0 Å². The summed E-state index contributed by atoms with van der Waals surface area (Å²) >= 11 is 6.13. The predicted octanol–water partition coefficient (Wildman–Crippen LogP) is 4.62. The van der Waals surface area contributed by atoms with E-state index in [2.05, 4.69) is 38.1 Å². The first-order valence-electron chi connectivity index (χ1n) is 4.87. The maximum atomic E-state index is 6.13. The smallest absolute Gasteiger partial charge is 0.0484 e. The van der Waals surface area contributed by atoms with Gasteiger partial charge in [-0.25, -0.2) is 0 Å². The molecule has 2 rings (SSSR count). The summed E-state index contributed by atoms with van der Waals surface area (Å²) in [4.78, 5) is 0. The van der Waals surface area contributed by atoms with E-state index in [1.165, 1.54) is 10.9 Å². The van der Waals surface area contributed by atoms with Gasteiger partial charge in [-0.15, -0.1) is 0 Å². The first-order valence-corrected chi connectivity index (χ1v) is 5.25. The molecule has 0 unspecified atom stereocenters. The molecule has 0 saturated heterocycles. The third-order valence-corrected chi connectivity index (χ3v) is 2.86. The standard InChI is InChI=1S/C13H13Cl/c1-9(2)10-7-8-13(14)12-6-4-3-5-11(10)12/h3-9H,1-2H3. The molecule has 0 saturated carbocycles. The highest BCUT2D eigenvalue weighted by Crippen LogP contribution is 2.30. The summed E-state index contributed by atoms with van der Waals surface area (Å²) in [5.41, 5.74) is 1.37. The van der Waals surface area contributed by atoms with Crippen molar-refractivity contribution in [2.75, 3.05) is 0 Å². The summed E-state index contributed by atoms with van der Waals surface area (Å²) in [5, 5.41) is 3.26. The number of fused-ring (bicyclic) bond motifs is 1. The highest BCUT2D eigenvalue weighted by atomic mass is 35.5. The molecule has 0 N–H and O–H groups in total. The molecule has 0 aliphatic rings. The van der Waals surface area contributed by atoms with Gasteiger partial charge in [0.2, 0.25) is 0 Å². The lowest BCUT2D eigenvalue weighted by Crippen LogP contribution is -1.89. The summed E-state index contributed by atoms with van der Waals surface area (Å²) in [5.74, 6) is 0.539. The van der Waals surface area contributed by atoms with Crippen LogP contribution in [0.1, 0.15) is 25.3 Å². The van der Waals surface area contributed by atoms with Crippen molar-refractivity contribution < 1.29 is 0 Å². The fraction of sp³-hybridized carbons (Fsp3) is 0.231. The molecule has 72 valence electrons. The first kappa shape index (κ1) is 9.54. The van der Waals surface area contributed by atoms with Crippen molar-refractivity contribution in [1.82, 2.24) is 0 Å². The number of halogens is 1.